The number of nitrogens with two attached hydrogens (primary N) is 1. The molecule has 0 aliphatic carbocycles. The zero-order valence-corrected chi connectivity index (χ0v) is 10.4. The number of rotatable bonds is 4. The van der Waals surface area contributed by atoms with Gasteiger partial charge in [0, 0.05) is 18.9 Å². The predicted octanol–water partition coefficient (Wildman–Crippen LogP) is -0.298. The summed E-state index contributed by atoms with van der Waals surface area (Å²) in [5, 5.41) is 9.00. The SMILES string of the molecule is CCN=c1c(N)nccn1CC1C=CC(CO)O1. The Morgan fingerprint density at radius 2 is 2.28 bits per heavy atom. The van der Waals surface area contributed by atoms with Gasteiger partial charge in [0.05, 0.1) is 25.4 Å². The first-order valence-electron chi connectivity index (χ1n) is 6.00. The first-order chi connectivity index (χ1) is 8.74. The van der Waals surface area contributed by atoms with E-state index in [9.17, 15) is 0 Å². The lowest BCUT2D eigenvalue weighted by Gasteiger charge is -2.15. The molecule has 1 aromatic heterocycles. The van der Waals surface area contributed by atoms with Gasteiger partial charge < -0.3 is 20.1 Å². The molecule has 2 atom stereocenters. The molecular weight excluding hydrogens is 232 g/mol. The Bertz CT molecular complexity index is 495. The minimum absolute atomic E-state index is 0.00232. The van der Waals surface area contributed by atoms with Crippen molar-refractivity contribution in [2.45, 2.75) is 25.7 Å². The van der Waals surface area contributed by atoms with Gasteiger partial charge in [-0.15, -0.1) is 0 Å². The number of hydrogen-bond donors (Lipinski definition) is 2. The second-order valence-corrected chi connectivity index (χ2v) is 4.04. The van der Waals surface area contributed by atoms with Crippen LogP contribution in [-0.2, 0) is 11.3 Å². The van der Waals surface area contributed by atoms with E-state index >= 15 is 0 Å². The maximum absolute atomic E-state index is 9.00. The normalized spacial score (nSPS) is 23.8. The van der Waals surface area contributed by atoms with Crippen LogP contribution in [0.3, 0.4) is 0 Å². The van der Waals surface area contributed by atoms with Crippen LogP contribution in [0.5, 0.6) is 0 Å². The molecule has 0 saturated heterocycles. The molecular formula is C12H18N4O2. The molecule has 0 amide bonds. The molecule has 0 fully saturated rings. The number of aliphatic hydroxyl groups excluding tert-OH is 1. The van der Waals surface area contributed by atoms with Crippen molar-refractivity contribution in [3.63, 3.8) is 0 Å². The third-order valence-electron chi connectivity index (χ3n) is 2.72. The molecule has 6 nitrogen and oxygen atoms in total. The Labute approximate surface area is 105 Å². The number of nitrogen functional groups attached to an aromatic ring is 1. The van der Waals surface area contributed by atoms with Gasteiger partial charge in [-0.1, -0.05) is 12.2 Å². The summed E-state index contributed by atoms with van der Waals surface area (Å²) in [5.41, 5.74) is 6.48. The van der Waals surface area contributed by atoms with Crippen LogP contribution in [0, 0.1) is 0 Å². The van der Waals surface area contributed by atoms with Crippen LogP contribution in [-0.4, -0.2) is 40.0 Å². The second kappa shape index (κ2) is 5.79. The summed E-state index contributed by atoms with van der Waals surface area (Å²) in [6.45, 7) is 3.21. The van der Waals surface area contributed by atoms with Crippen LogP contribution >= 0.6 is 0 Å². The van der Waals surface area contributed by atoms with E-state index in [0.29, 0.717) is 24.4 Å². The predicted molar refractivity (Wildman–Crippen MR) is 67.6 cm³/mol. The number of hydrogen-bond acceptors (Lipinski definition) is 5. The molecule has 0 radical (unpaired) electrons. The van der Waals surface area contributed by atoms with Gasteiger partial charge in [-0.3, -0.25) is 4.99 Å². The van der Waals surface area contributed by atoms with E-state index < -0.39 is 0 Å². The highest BCUT2D eigenvalue weighted by atomic mass is 16.5. The van der Waals surface area contributed by atoms with E-state index in [-0.39, 0.29) is 18.8 Å². The molecule has 1 aliphatic rings. The molecule has 2 rings (SSSR count). The summed E-state index contributed by atoms with van der Waals surface area (Å²) >= 11 is 0. The van der Waals surface area contributed by atoms with Crippen molar-refractivity contribution in [2.24, 2.45) is 4.99 Å². The third kappa shape index (κ3) is 2.77. The first kappa shape index (κ1) is 12.8. The van der Waals surface area contributed by atoms with Crippen molar-refractivity contribution in [1.82, 2.24) is 9.55 Å². The van der Waals surface area contributed by atoms with Gasteiger partial charge in [0.2, 0.25) is 0 Å². The summed E-state index contributed by atoms with van der Waals surface area (Å²) in [6.07, 6.45) is 7.01. The van der Waals surface area contributed by atoms with Crippen LogP contribution in [0.4, 0.5) is 5.82 Å². The van der Waals surface area contributed by atoms with E-state index in [2.05, 4.69) is 9.98 Å². The molecule has 18 heavy (non-hydrogen) atoms. The lowest BCUT2D eigenvalue weighted by molar-refractivity contribution is 0.0183. The van der Waals surface area contributed by atoms with Crippen molar-refractivity contribution < 1.29 is 9.84 Å². The summed E-state index contributed by atoms with van der Waals surface area (Å²) in [6, 6.07) is 0. The maximum atomic E-state index is 9.00. The van der Waals surface area contributed by atoms with Crippen LogP contribution < -0.4 is 11.2 Å². The van der Waals surface area contributed by atoms with E-state index in [4.69, 9.17) is 15.6 Å². The van der Waals surface area contributed by atoms with Gasteiger partial charge in [0.25, 0.3) is 0 Å². The maximum Gasteiger partial charge on any atom is 0.171 e. The van der Waals surface area contributed by atoms with Gasteiger partial charge in [-0.25, -0.2) is 4.98 Å². The molecule has 1 aromatic rings. The second-order valence-electron chi connectivity index (χ2n) is 4.04. The highest BCUT2D eigenvalue weighted by Gasteiger charge is 2.18. The van der Waals surface area contributed by atoms with Gasteiger partial charge in [-0.2, -0.15) is 0 Å². The molecule has 0 aromatic carbocycles. The minimum Gasteiger partial charge on any atom is -0.393 e. The van der Waals surface area contributed by atoms with E-state index in [1.807, 2.05) is 29.8 Å². The molecule has 98 valence electrons. The van der Waals surface area contributed by atoms with Crippen LogP contribution in [0.2, 0.25) is 0 Å². The molecule has 0 spiro atoms. The molecule has 1 aliphatic heterocycles. The Kier molecular flexibility index (Phi) is 4.11. The van der Waals surface area contributed by atoms with Crippen molar-refractivity contribution in [2.75, 3.05) is 18.9 Å². The largest absolute Gasteiger partial charge is 0.393 e. The number of anilines is 1. The number of ether oxygens (including phenoxy) is 1. The molecule has 0 saturated carbocycles. The fraction of sp³-hybridized carbons (Fsp3) is 0.500. The van der Waals surface area contributed by atoms with Crippen LogP contribution in [0.15, 0.2) is 29.5 Å². The average Bonchev–Trinajstić information content (AvgIpc) is 2.81. The van der Waals surface area contributed by atoms with Crippen LogP contribution in [0.1, 0.15) is 6.92 Å². The van der Waals surface area contributed by atoms with E-state index in [1.54, 1.807) is 6.20 Å². The van der Waals surface area contributed by atoms with Gasteiger partial charge in [0.1, 0.15) is 0 Å². The zero-order valence-electron chi connectivity index (χ0n) is 10.4. The number of aliphatic hydroxyl groups is 1. The Morgan fingerprint density at radius 1 is 1.50 bits per heavy atom. The minimum atomic E-state index is -0.207. The van der Waals surface area contributed by atoms with Gasteiger partial charge in [0.15, 0.2) is 11.3 Å². The smallest absolute Gasteiger partial charge is 0.171 e. The first-order valence-corrected chi connectivity index (χ1v) is 6.00. The Morgan fingerprint density at radius 3 is 2.94 bits per heavy atom. The van der Waals surface area contributed by atoms with Crippen LogP contribution in [0.25, 0.3) is 0 Å². The number of aromatic nitrogens is 2. The Hall–Kier alpha value is -1.66. The van der Waals surface area contributed by atoms with Gasteiger partial charge in [-0.05, 0) is 6.92 Å². The highest BCUT2D eigenvalue weighted by molar-refractivity contribution is 5.22. The van der Waals surface area contributed by atoms with Crippen molar-refractivity contribution >= 4 is 5.82 Å². The summed E-state index contributed by atoms with van der Waals surface area (Å²) < 4.78 is 7.52. The van der Waals surface area contributed by atoms with Crippen molar-refractivity contribution in [3.05, 3.63) is 30.0 Å². The third-order valence-corrected chi connectivity index (χ3v) is 2.72. The molecule has 2 unspecified atom stereocenters. The van der Waals surface area contributed by atoms with Crippen molar-refractivity contribution in [3.8, 4) is 0 Å². The molecule has 0 bridgehead atoms. The lowest BCUT2D eigenvalue weighted by Crippen LogP contribution is -2.30. The standard InChI is InChI=1S/C12H18N4O2/c1-2-14-12-11(13)15-5-6-16(12)7-9-3-4-10(8-17)18-9/h3-6,9-10,17H,2,7-8H2,1H3,(H2,13,15). The molecule has 6 heteroatoms. The van der Waals surface area contributed by atoms with E-state index in [0.717, 1.165) is 0 Å². The molecule has 2 heterocycles. The fourth-order valence-electron chi connectivity index (χ4n) is 1.90. The summed E-state index contributed by atoms with van der Waals surface area (Å²) in [5.74, 6) is 0.417. The zero-order chi connectivity index (χ0) is 13.0. The van der Waals surface area contributed by atoms with Crippen molar-refractivity contribution in [1.29, 1.82) is 0 Å². The average molecular weight is 250 g/mol. The lowest BCUT2D eigenvalue weighted by atomic mass is 10.3. The summed E-state index contributed by atoms with van der Waals surface area (Å²) in [7, 11) is 0. The number of nitrogens with zero attached hydrogens (tertiary/aromatic N) is 3. The molecule has 3 N–H and O–H groups in total. The highest BCUT2D eigenvalue weighted by Crippen LogP contribution is 2.12. The monoisotopic (exact) mass is 250 g/mol. The van der Waals surface area contributed by atoms with E-state index in [1.165, 1.54) is 0 Å². The quantitative estimate of drug-likeness (QED) is 0.718. The Balaban J connectivity index is 2.18. The summed E-state index contributed by atoms with van der Waals surface area (Å²) in [4.78, 5) is 8.36. The fourth-order valence-corrected chi connectivity index (χ4v) is 1.90. The van der Waals surface area contributed by atoms with Gasteiger partial charge >= 0.3 is 0 Å². The topological polar surface area (TPSA) is 85.7 Å².